The molecule has 0 saturated heterocycles. The number of carbonyl (C=O) groups excluding carboxylic acids is 4. The normalized spacial score (nSPS) is 12.9. The van der Waals surface area contributed by atoms with Gasteiger partial charge < -0.3 is 20.1 Å². The summed E-state index contributed by atoms with van der Waals surface area (Å²) in [6.07, 6.45) is 1.72. The zero-order chi connectivity index (χ0) is 27.9. The number of ether oxygens (including phenoxy) is 2. The number of unbranched alkanes of at least 4 members (excludes halogenated alkanes) is 1. The Balaban J connectivity index is 1.45. The van der Waals surface area contributed by atoms with Crippen LogP contribution in [0.25, 0.3) is 0 Å². The van der Waals surface area contributed by atoms with Gasteiger partial charge in [0.25, 0.3) is 17.7 Å². The number of nitrogens with zero attached hydrogens (tertiary/aromatic N) is 1. The number of hydrogen-bond donors (Lipinski definition) is 2. The maximum Gasteiger partial charge on any atom is 0.338 e. The molecule has 200 valence electrons. The van der Waals surface area contributed by atoms with E-state index >= 15 is 0 Å². The van der Waals surface area contributed by atoms with Gasteiger partial charge in [0.1, 0.15) is 16.5 Å². The predicted molar refractivity (Wildman–Crippen MR) is 148 cm³/mol. The van der Waals surface area contributed by atoms with E-state index in [-0.39, 0.29) is 22.0 Å². The number of carbonyl (C=O) groups is 4. The van der Waals surface area contributed by atoms with Gasteiger partial charge in [-0.15, -0.1) is 0 Å². The van der Waals surface area contributed by atoms with E-state index in [1.54, 1.807) is 66.7 Å². The summed E-state index contributed by atoms with van der Waals surface area (Å²) in [6.45, 7) is 2.37. The number of esters is 1. The van der Waals surface area contributed by atoms with Crippen molar-refractivity contribution in [1.29, 1.82) is 0 Å². The van der Waals surface area contributed by atoms with Crippen molar-refractivity contribution in [3.63, 3.8) is 0 Å². The van der Waals surface area contributed by atoms with E-state index in [4.69, 9.17) is 21.1 Å². The summed E-state index contributed by atoms with van der Waals surface area (Å²) in [4.78, 5) is 51.8. The summed E-state index contributed by atoms with van der Waals surface area (Å²) < 4.78 is 10.5. The maximum absolute atomic E-state index is 13.1. The van der Waals surface area contributed by atoms with Crippen LogP contribution in [-0.2, 0) is 14.3 Å². The third kappa shape index (κ3) is 6.10. The molecule has 39 heavy (non-hydrogen) atoms. The molecule has 1 heterocycles. The van der Waals surface area contributed by atoms with Gasteiger partial charge in [-0.1, -0.05) is 43.1 Å². The Labute approximate surface area is 230 Å². The maximum atomic E-state index is 13.1. The van der Waals surface area contributed by atoms with Crippen molar-refractivity contribution in [2.75, 3.05) is 29.3 Å². The monoisotopic (exact) mass is 547 g/mol. The van der Waals surface area contributed by atoms with Gasteiger partial charge in [-0.05, 0) is 61.0 Å². The average Bonchev–Trinajstić information content (AvgIpc) is 3.16. The Hall–Kier alpha value is -4.63. The Morgan fingerprint density at radius 2 is 1.64 bits per heavy atom. The molecule has 1 aliphatic heterocycles. The van der Waals surface area contributed by atoms with Gasteiger partial charge in [-0.25, -0.2) is 9.69 Å². The minimum Gasteiger partial charge on any atom is -0.495 e. The van der Waals surface area contributed by atoms with Crippen LogP contribution >= 0.6 is 11.6 Å². The second-order valence-corrected chi connectivity index (χ2v) is 8.91. The van der Waals surface area contributed by atoms with Crippen molar-refractivity contribution >= 4 is 52.4 Å². The molecule has 0 spiro atoms. The van der Waals surface area contributed by atoms with Gasteiger partial charge >= 0.3 is 5.97 Å². The lowest BCUT2D eigenvalue weighted by atomic mass is 10.1. The number of imide groups is 1. The highest BCUT2D eigenvalue weighted by atomic mass is 35.5. The number of benzene rings is 3. The van der Waals surface area contributed by atoms with Crippen molar-refractivity contribution in [3.8, 4) is 5.75 Å². The molecular formula is C29H26ClN3O6. The molecule has 0 fully saturated rings. The number of nitrogens with one attached hydrogen (secondary N) is 2. The summed E-state index contributed by atoms with van der Waals surface area (Å²) >= 11 is 6.25. The number of halogens is 1. The van der Waals surface area contributed by atoms with Crippen LogP contribution in [0, 0.1) is 0 Å². The number of hydrogen-bond acceptors (Lipinski definition) is 7. The third-order valence-electron chi connectivity index (χ3n) is 5.86. The lowest BCUT2D eigenvalue weighted by Gasteiger charge is -2.18. The first-order valence-corrected chi connectivity index (χ1v) is 12.6. The summed E-state index contributed by atoms with van der Waals surface area (Å²) in [5.74, 6) is -1.85. The quantitative estimate of drug-likeness (QED) is 0.200. The van der Waals surface area contributed by atoms with Crippen LogP contribution in [0.2, 0.25) is 0 Å². The molecule has 10 heteroatoms. The lowest BCUT2D eigenvalue weighted by Crippen LogP contribution is -2.32. The molecular weight excluding hydrogens is 522 g/mol. The van der Waals surface area contributed by atoms with Gasteiger partial charge in [-0.3, -0.25) is 14.4 Å². The SMILES string of the molecule is CCCCOC(=O)c1ccc(NC(=O)c2cccc(NC3=C(Cl)C(=O)N(c4ccccc4OC)C3=O)c2)cc1. The van der Waals surface area contributed by atoms with Gasteiger partial charge in [0, 0.05) is 16.9 Å². The highest BCUT2D eigenvalue weighted by Gasteiger charge is 2.40. The van der Waals surface area contributed by atoms with Crippen LogP contribution < -0.4 is 20.3 Å². The van der Waals surface area contributed by atoms with Gasteiger partial charge in [0.05, 0.1) is 25.0 Å². The topological polar surface area (TPSA) is 114 Å². The van der Waals surface area contributed by atoms with Crippen LogP contribution in [0.1, 0.15) is 40.5 Å². The molecule has 0 radical (unpaired) electrons. The molecule has 3 aromatic rings. The standard InChI is InChI=1S/C29H26ClN3O6/c1-3-4-16-39-29(37)18-12-14-20(15-13-18)32-26(34)19-8-7-9-21(17-19)31-25-24(30)27(35)33(28(25)36)22-10-5-6-11-23(22)38-2/h5-15,17,31H,3-4,16H2,1-2H3,(H,32,34). The highest BCUT2D eigenvalue weighted by molar-refractivity contribution is 6.53. The average molecular weight is 548 g/mol. The van der Waals surface area contributed by atoms with Crippen molar-refractivity contribution in [2.24, 2.45) is 0 Å². The molecule has 0 aromatic heterocycles. The van der Waals surface area contributed by atoms with E-state index < -0.39 is 23.7 Å². The van der Waals surface area contributed by atoms with Crippen molar-refractivity contribution in [2.45, 2.75) is 19.8 Å². The Bertz CT molecular complexity index is 1450. The minimum atomic E-state index is -0.694. The Morgan fingerprint density at radius 3 is 2.36 bits per heavy atom. The molecule has 0 atom stereocenters. The van der Waals surface area contributed by atoms with E-state index in [1.807, 2.05) is 6.92 Å². The molecule has 0 unspecified atom stereocenters. The van der Waals surface area contributed by atoms with E-state index in [0.717, 1.165) is 17.7 Å². The lowest BCUT2D eigenvalue weighted by molar-refractivity contribution is -0.120. The number of amides is 3. The van der Waals surface area contributed by atoms with E-state index in [1.165, 1.54) is 13.2 Å². The second kappa shape index (κ2) is 12.3. The molecule has 4 rings (SSSR count). The molecule has 1 aliphatic rings. The van der Waals surface area contributed by atoms with Crippen LogP contribution in [0.3, 0.4) is 0 Å². The second-order valence-electron chi connectivity index (χ2n) is 8.53. The smallest absolute Gasteiger partial charge is 0.338 e. The zero-order valence-corrected chi connectivity index (χ0v) is 22.1. The van der Waals surface area contributed by atoms with Gasteiger partial charge in [-0.2, -0.15) is 0 Å². The fraction of sp³-hybridized carbons (Fsp3) is 0.172. The highest BCUT2D eigenvalue weighted by Crippen LogP contribution is 2.35. The van der Waals surface area contributed by atoms with Crippen LogP contribution in [0.4, 0.5) is 17.1 Å². The first-order chi connectivity index (χ1) is 18.8. The minimum absolute atomic E-state index is 0.119. The predicted octanol–water partition coefficient (Wildman–Crippen LogP) is 5.34. The summed E-state index contributed by atoms with van der Waals surface area (Å²) in [5, 5.41) is 5.35. The van der Waals surface area contributed by atoms with Gasteiger partial charge in [0.15, 0.2) is 0 Å². The molecule has 3 aromatic carbocycles. The Kier molecular flexibility index (Phi) is 8.63. The number of methoxy groups -OCH3 is 1. The Morgan fingerprint density at radius 1 is 0.897 bits per heavy atom. The van der Waals surface area contributed by atoms with Crippen LogP contribution in [0.5, 0.6) is 5.75 Å². The first-order valence-electron chi connectivity index (χ1n) is 12.2. The molecule has 2 N–H and O–H groups in total. The zero-order valence-electron chi connectivity index (χ0n) is 21.3. The molecule has 9 nitrogen and oxygen atoms in total. The van der Waals surface area contributed by atoms with Gasteiger partial charge in [0.2, 0.25) is 0 Å². The number of para-hydroxylation sites is 2. The van der Waals surface area contributed by atoms with E-state index in [9.17, 15) is 19.2 Å². The molecule has 0 saturated carbocycles. The first kappa shape index (κ1) is 27.4. The fourth-order valence-electron chi connectivity index (χ4n) is 3.81. The van der Waals surface area contributed by atoms with E-state index in [0.29, 0.717) is 29.3 Å². The largest absolute Gasteiger partial charge is 0.495 e. The third-order valence-corrected chi connectivity index (χ3v) is 6.21. The van der Waals surface area contributed by atoms with Crippen molar-refractivity contribution in [3.05, 3.63) is 94.7 Å². The summed E-state index contributed by atoms with van der Waals surface area (Å²) in [7, 11) is 1.44. The summed E-state index contributed by atoms with van der Waals surface area (Å²) in [6, 6.07) is 19.3. The molecule has 0 aliphatic carbocycles. The molecule has 3 amide bonds. The fourth-order valence-corrected chi connectivity index (χ4v) is 4.03. The van der Waals surface area contributed by atoms with Crippen molar-refractivity contribution < 1.29 is 28.7 Å². The number of rotatable bonds is 10. The van der Waals surface area contributed by atoms with Crippen LogP contribution in [0.15, 0.2) is 83.5 Å². The molecule has 0 bridgehead atoms. The van der Waals surface area contributed by atoms with Crippen molar-refractivity contribution in [1.82, 2.24) is 0 Å². The van der Waals surface area contributed by atoms with E-state index in [2.05, 4.69) is 10.6 Å². The number of anilines is 3. The van der Waals surface area contributed by atoms with Crippen LogP contribution in [-0.4, -0.2) is 37.4 Å². The summed E-state index contributed by atoms with van der Waals surface area (Å²) in [5.41, 5.74) is 1.68.